The molecule has 5 heteroatoms. The van der Waals surface area contributed by atoms with Crippen molar-refractivity contribution in [2.45, 2.75) is 78.0 Å². The molecule has 0 aromatic carbocycles. The second kappa shape index (κ2) is 7.45. The number of aliphatic hydroxyl groups is 1. The second-order valence-electron chi connectivity index (χ2n) is 7.88. The van der Waals surface area contributed by atoms with Gasteiger partial charge in [0.05, 0.1) is 0 Å². The van der Waals surface area contributed by atoms with E-state index in [9.17, 15) is 4.79 Å². The maximum atomic E-state index is 11.6. The lowest BCUT2D eigenvalue weighted by Gasteiger charge is -2.38. The first kappa shape index (κ1) is 18.2. The summed E-state index contributed by atoms with van der Waals surface area (Å²) in [6.07, 6.45) is 3.45. The Morgan fingerprint density at radius 1 is 1.19 bits per heavy atom. The molecule has 1 fully saturated rings. The first-order chi connectivity index (χ1) is 9.61. The zero-order chi connectivity index (χ0) is 16.1. The summed E-state index contributed by atoms with van der Waals surface area (Å²) in [4.78, 5) is 11.6. The molecule has 1 aliphatic rings. The van der Waals surface area contributed by atoms with Crippen LogP contribution in [0.25, 0.3) is 0 Å². The Morgan fingerprint density at radius 2 is 1.81 bits per heavy atom. The fraction of sp³-hybridized carbons (Fsp3) is 0.938. The van der Waals surface area contributed by atoms with Crippen LogP contribution < -0.4 is 10.6 Å². The molecule has 1 amide bonds. The van der Waals surface area contributed by atoms with E-state index in [0.717, 1.165) is 32.2 Å². The summed E-state index contributed by atoms with van der Waals surface area (Å²) in [5.41, 5.74) is -0.241. The van der Waals surface area contributed by atoms with E-state index in [1.165, 1.54) is 0 Å². The van der Waals surface area contributed by atoms with Gasteiger partial charge in [0.25, 0.3) is 0 Å². The molecule has 0 aromatic heterocycles. The van der Waals surface area contributed by atoms with Crippen molar-refractivity contribution in [2.75, 3.05) is 13.2 Å². The van der Waals surface area contributed by atoms with Gasteiger partial charge >= 0.3 is 6.09 Å². The van der Waals surface area contributed by atoms with Gasteiger partial charge in [-0.3, -0.25) is 0 Å². The molecule has 0 aliphatic heterocycles. The number of carbonyl (C=O) groups excluding carboxylic acids is 1. The predicted octanol–water partition coefficient (Wildman–Crippen LogP) is 2.43. The number of aliphatic hydroxyl groups excluding tert-OH is 1. The highest BCUT2D eigenvalue weighted by Gasteiger charge is 2.32. The zero-order valence-electron chi connectivity index (χ0n) is 14.2. The van der Waals surface area contributed by atoms with Crippen molar-refractivity contribution < 1.29 is 14.6 Å². The van der Waals surface area contributed by atoms with E-state index >= 15 is 0 Å². The molecule has 1 rings (SSSR count). The van der Waals surface area contributed by atoms with Crippen LogP contribution in [0.3, 0.4) is 0 Å². The van der Waals surface area contributed by atoms with Crippen molar-refractivity contribution in [3.8, 4) is 0 Å². The Bertz CT molecular complexity index is 331. The number of amides is 1. The van der Waals surface area contributed by atoms with E-state index in [1.54, 1.807) is 0 Å². The predicted molar refractivity (Wildman–Crippen MR) is 84.3 cm³/mol. The number of carbonyl (C=O) groups is 1. The van der Waals surface area contributed by atoms with Crippen molar-refractivity contribution in [2.24, 2.45) is 5.41 Å². The van der Waals surface area contributed by atoms with Crippen molar-refractivity contribution >= 4 is 6.09 Å². The largest absolute Gasteiger partial charge is 0.444 e. The standard InChI is InChI=1S/C16H32N2O3/c1-15(2,3)21-14(20)18-13-9-12(10-13)17-11-16(4,5)7-6-8-19/h12-13,17,19H,6-11H2,1-5H3,(H,18,20). The molecular weight excluding hydrogens is 268 g/mol. The second-order valence-corrected chi connectivity index (χ2v) is 7.88. The van der Waals surface area contributed by atoms with Gasteiger partial charge in [0.2, 0.25) is 0 Å². The SMILES string of the molecule is CC(C)(CCCO)CNC1CC(NC(=O)OC(C)(C)C)C1. The lowest BCUT2D eigenvalue weighted by molar-refractivity contribution is 0.0462. The van der Waals surface area contributed by atoms with Crippen LogP contribution in [-0.4, -0.2) is 42.0 Å². The minimum absolute atomic E-state index is 0.201. The van der Waals surface area contributed by atoms with Gasteiger partial charge in [-0.2, -0.15) is 0 Å². The lowest BCUT2D eigenvalue weighted by Crippen LogP contribution is -2.54. The summed E-state index contributed by atoms with van der Waals surface area (Å²) in [6, 6.07) is 0.691. The van der Waals surface area contributed by atoms with Crippen LogP contribution in [0.1, 0.15) is 60.3 Å². The summed E-state index contributed by atoms with van der Waals surface area (Å²) in [7, 11) is 0. The van der Waals surface area contributed by atoms with Crippen LogP contribution in [0.2, 0.25) is 0 Å². The third kappa shape index (κ3) is 7.67. The molecule has 0 bridgehead atoms. The van der Waals surface area contributed by atoms with Gasteiger partial charge in [0.15, 0.2) is 0 Å². The van der Waals surface area contributed by atoms with E-state index < -0.39 is 5.60 Å². The monoisotopic (exact) mass is 300 g/mol. The number of alkyl carbamates (subject to hydrolysis) is 1. The molecule has 124 valence electrons. The number of ether oxygens (including phenoxy) is 1. The van der Waals surface area contributed by atoms with Crippen LogP contribution in [0.5, 0.6) is 0 Å². The quantitative estimate of drug-likeness (QED) is 0.675. The number of hydrogen-bond donors (Lipinski definition) is 3. The van der Waals surface area contributed by atoms with Crippen molar-refractivity contribution in [1.29, 1.82) is 0 Å². The molecule has 5 nitrogen and oxygen atoms in total. The summed E-state index contributed by atoms with van der Waals surface area (Å²) in [5.74, 6) is 0. The molecule has 0 heterocycles. The van der Waals surface area contributed by atoms with Crippen molar-refractivity contribution in [3.05, 3.63) is 0 Å². The maximum Gasteiger partial charge on any atom is 0.407 e. The zero-order valence-corrected chi connectivity index (χ0v) is 14.2. The van der Waals surface area contributed by atoms with Crippen LogP contribution in [0, 0.1) is 5.41 Å². The Kier molecular flexibility index (Phi) is 6.47. The van der Waals surface area contributed by atoms with Gasteiger partial charge in [-0.25, -0.2) is 4.79 Å². The van der Waals surface area contributed by atoms with E-state index in [1.807, 2.05) is 20.8 Å². The molecule has 1 aliphatic carbocycles. The molecule has 21 heavy (non-hydrogen) atoms. The topological polar surface area (TPSA) is 70.6 Å². The first-order valence-electron chi connectivity index (χ1n) is 7.95. The molecule has 0 aromatic rings. The van der Waals surface area contributed by atoms with Gasteiger partial charge in [0, 0.05) is 25.2 Å². The van der Waals surface area contributed by atoms with Crippen LogP contribution in [0.4, 0.5) is 4.79 Å². The highest BCUT2D eigenvalue weighted by molar-refractivity contribution is 5.68. The van der Waals surface area contributed by atoms with Gasteiger partial charge in [0.1, 0.15) is 5.60 Å². The molecule has 0 spiro atoms. The molecule has 0 unspecified atom stereocenters. The third-order valence-corrected chi connectivity index (χ3v) is 3.74. The van der Waals surface area contributed by atoms with Crippen LogP contribution in [0.15, 0.2) is 0 Å². The van der Waals surface area contributed by atoms with Gasteiger partial charge in [-0.15, -0.1) is 0 Å². The van der Waals surface area contributed by atoms with Gasteiger partial charge in [-0.1, -0.05) is 13.8 Å². The number of nitrogens with one attached hydrogen (secondary N) is 2. The molecule has 3 N–H and O–H groups in total. The summed E-state index contributed by atoms with van der Waals surface area (Å²) in [5, 5.41) is 15.3. The summed E-state index contributed by atoms with van der Waals surface area (Å²) in [6.45, 7) is 11.2. The minimum atomic E-state index is -0.442. The highest BCUT2D eigenvalue weighted by atomic mass is 16.6. The molecule has 0 radical (unpaired) electrons. The van der Waals surface area contributed by atoms with Crippen LogP contribution >= 0.6 is 0 Å². The van der Waals surface area contributed by atoms with E-state index in [4.69, 9.17) is 9.84 Å². The summed E-state index contributed by atoms with van der Waals surface area (Å²) >= 11 is 0. The van der Waals surface area contributed by atoms with E-state index in [0.29, 0.717) is 6.04 Å². The average Bonchev–Trinajstić information content (AvgIpc) is 2.27. The van der Waals surface area contributed by atoms with Crippen LogP contribution in [-0.2, 0) is 4.74 Å². The number of rotatable bonds is 7. The summed E-state index contributed by atoms with van der Waals surface area (Å²) < 4.78 is 5.24. The number of hydrogen-bond acceptors (Lipinski definition) is 4. The molecule has 0 atom stereocenters. The smallest absolute Gasteiger partial charge is 0.407 e. The fourth-order valence-electron chi connectivity index (χ4n) is 2.44. The molecule has 0 saturated heterocycles. The first-order valence-corrected chi connectivity index (χ1v) is 7.95. The minimum Gasteiger partial charge on any atom is -0.444 e. The highest BCUT2D eigenvalue weighted by Crippen LogP contribution is 2.25. The third-order valence-electron chi connectivity index (χ3n) is 3.74. The van der Waals surface area contributed by atoms with Crippen molar-refractivity contribution in [1.82, 2.24) is 10.6 Å². The van der Waals surface area contributed by atoms with E-state index in [-0.39, 0.29) is 24.2 Å². The van der Waals surface area contributed by atoms with Gasteiger partial charge in [-0.05, 0) is 51.9 Å². The maximum absolute atomic E-state index is 11.6. The molecular formula is C16H32N2O3. The normalized spacial score (nSPS) is 22.6. The average molecular weight is 300 g/mol. The Hall–Kier alpha value is -0.810. The Morgan fingerprint density at radius 3 is 2.33 bits per heavy atom. The van der Waals surface area contributed by atoms with Gasteiger partial charge < -0.3 is 20.5 Å². The Balaban J connectivity index is 2.15. The lowest BCUT2D eigenvalue weighted by atomic mass is 9.83. The van der Waals surface area contributed by atoms with E-state index in [2.05, 4.69) is 24.5 Å². The molecule has 1 saturated carbocycles. The fourth-order valence-corrected chi connectivity index (χ4v) is 2.44. The Labute approximate surface area is 128 Å². The van der Waals surface area contributed by atoms with Crippen molar-refractivity contribution in [3.63, 3.8) is 0 Å².